The molecule has 0 N–H and O–H groups in total. The van der Waals surface area contributed by atoms with Crippen LogP contribution in [0, 0.1) is 0 Å². The molecule has 0 saturated carbocycles. The fourth-order valence-electron chi connectivity index (χ4n) is 4.60. The highest BCUT2D eigenvalue weighted by molar-refractivity contribution is 7.92. The number of aryl methyl sites for hydroxylation is 2. The lowest BCUT2D eigenvalue weighted by Gasteiger charge is -2.32. The van der Waals surface area contributed by atoms with E-state index in [4.69, 9.17) is 0 Å². The lowest BCUT2D eigenvalue weighted by atomic mass is 10.1. The van der Waals surface area contributed by atoms with E-state index >= 15 is 0 Å². The van der Waals surface area contributed by atoms with Gasteiger partial charge in [0.2, 0.25) is 0 Å². The molecule has 0 radical (unpaired) electrons. The van der Waals surface area contributed by atoms with Gasteiger partial charge >= 0.3 is 5.69 Å². The molecule has 1 saturated heterocycles. The summed E-state index contributed by atoms with van der Waals surface area (Å²) in [4.78, 5) is 40.5. The average Bonchev–Trinajstić information content (AvgIpc) is 3.21. The van der Waals surface area contributed by atoms with Crippen molar-refractivity contribution in [2.24, 2.45) is 14.1 Å². The van der Waals surface area contributed by atoms with Gasteiger partial charge in [-0.05, 0) is 37.5 Å². The number of carbonyl (C=O) groups excluding carboxylic acids is 1. The summed E-state index contributed by atoms with van der Waals surface area (Å²) < 4.78 is 30.1. The lowest BCUT2D eigenvalue weighted by molar-refractivity contribution is 0.0715. The maximum atomic E-state index is 13.4. The third-order valence-electron chi connectivity index (χ3n) is 6.40. The van der Waals surface area contributed by atoms with Gasteiger partial charge in [0.1, 0.15) is 11.3 Å². The summed E-state index contributed by atoms with van der Waals surface area (Å²) in [6, 6.07) is 9.94. The number of sulfone groups is 1. The Morgan fingerprint density at radius 2 is 1.67 bits per heavy atom. The first kappa shape index (κ1) is 23.0. The van der Waals surface area contributed by atoms with Crippen LogP contribution in [-0.4, -0.2) is 51.3 Å². The number of hydrogen-bond donors (Lipinski definition) is 0. The van der Waals surface area contributed by atoms with Gasteiger partial charge < -0.3 is 9.47 Å². The monoisotopic (exact) mass is 472 g/mol. The number of likely N-dealkylation sites (tertiary alicyclic amines) is 1. The second-order valence-electron chi connectivity index (χ2n) is 8.47. The fourth-order valence-corrected chi connectivity index (χ4v) is 6.35. The molecule has 2 aromatic heterocycles. The van der Waals surface area contributed by atoms with Gasteiger partial charge in [0.05, 0.1) is 15.5 Å². The van der Waals surface area contributed by atoms with E-state index in [2.05, 4.69) is 0 Å². The quantitative estimate of drug-likeness (QED) is 0.560. The minimum Gasteiger partial charge on any atom is -0.337 e. The Labute approximate surface area is 191 Å². The number of aromatic nitrogens is 3. The Morgan fingerprint density at radius 3 is 2.27 bits per heavy atom. The topological polar surface area (TPSA) is 103 Å². The minimum atomic E-state index is -3.46. The van der Waals surface area contributed by atoms with Crippen molar-refractivity contribution < 1.29 is 13.2 Å². The van der Waals surface area contributed by atoms with Crippen LogP contribution in [0.5, 0.6) is 0 Å². The Balaban J connectivity index is 1.65. The van der Waals surface area contributed by atoms with Crippen molar-refractivity contribution in [3.63, 3.8) is 0 Å². The maximum absolute atomic E-state index is 13.4. The van der Waals surface area contributed by atoms with Crippen LogP contribution in [0.4, 0.5) is 0 Å². The molecule has 1 aliphatic rings. The van der Waals surface area contributed by atoms with E-state index < -0.39 is 26.3 Å². The summed E-state index contributed by atoms with van der Waals surface area (Å²) >= 11 is 0. The summed E-state index contributed by atoms with van der Waals surface area (Å²) in [6.45, 7) is 3.04. The van der Waals surface area contributed by atoms with Crippen molar-refractivity contribution in [2.45, 2.75) is 42.9 Å². The Morgan fingerprint density at radius 1 is 1.03 bits per heavy atom. The van der Waals surface area contributed by atoms with E-state index in [1.807, 2.05) is 6.92 Å². The Bertz CT molecular complexity index is 1430. The number of amides is 1. The number of fused-ring (bicyclic) bond motifs is 1. The van der Waals surface area contributed by atoms with Crippen LogP contribution in [0.1, 0.15) is 36.7 Å². The van der Waals surface area contributed by atoms with Crippen LogP contribution < -0.4 is 11.2 Å². The molecule has 176 valence electrons. The molecule has 1 amide bonds. The van der Waals surface area contributed by atoms with Gasteiger partial charge in [0, 0.05) is 33.7 Å². The van der Waals surface area contributed by atoms with Crippen molar-refractivity contribution in [3.05, 3.63) is 62.9 Å². The first-order valence-corrected chi connectivity index (χ1v) is 12.6. The molecule has 33 heavy (non-hydrogen) atoms. The molecule has 3 aromatic rings. The van der Waals surface area contributed by atoms with Crippen LogP contribution in [0.25, 0.3) is 11.0 Å². The normalized spacial score (nSPS) is 15.3. The molecular weight excluding hydrogens is 444 g/mol. The summed E-state index contributed by atoms with van der Waals surface area (Å²) in [6.07, 6.45) is 1.40. The molecule has 4 rings (SSSR count). The third kappa shape index (κ3) is 3.82. The second-order valence-corrected chi connectivity index (χ2v) is 10.7. The van der Waals surface area contributed by atoms with Crippen LogP contribution in [0.2, 0.25) is 0 Å². The van der Waals surface area contributed by atoms with Gasteiger partial charge in [-0.1, -0.05) is 25.1 Å². The lowest BCUT2D eigenvalue weighted by Crippen LogP contribution is -2.43. The van der Waals surface area contributed by atoms with Gasteiger partial charge in [0.15, 0.2) is 9.84 Å². The van der Waals surface area contributed by atoms with Crippen LogP contribution in [-0.2, 0) is 30.5 Å². The molecule has 1 fully saturated rings. The van der Waals surface area contributed by atoms with Crippen LogP contribution in [0.3, 0.4) is 0 Å². The molecule has 0 atom stereocenters. The van der Waals surface area contributed by atoms with E-state index in [-0.39, 0.29) is 5.91 Å². The smallest absolute Gasteiger partial charge is 0.332 e. The molecule has 0 bridgehead atoms. The fraction of sp³-hybridized carbons (Fsp3) is 0.435. The highest BCUT2D eigenvalue weighted by Gasteiger charge is 2.34. The van der Waals surface area contributed by atoms with E-state index in [0.717, 1.165) is 4.57 Å². The molecule has 0 unspecified atom stereocenters. The summed E-state index contributed by atoms with van der Waals surface area (Å²) in [7, 11) is -0.454. The van der Waals surface area contributed by atoms with E-state index in [1.165, 1.54) is 11.6 Å². The SMILES string of the molecule is CCCn1c(C(=O)N2CCC(S(=O)(=O)c3ccccc3)CC2)cc2c(=O)n(C)c(=O)n(C)c21. The third-order valence-corrected chi connectivity index (χ3v) is 8.68. The zero-order valence-corrected chi connectivity index (χ0v) is 19.8. The minimum absolute atomic E-state index is 0.260. The van der Waals surface area contributed by atoms with E-state index in [0.29, 0.717) is 60.5 Å². The van der Waals surface area contributed by atoms with Crippen molar-refractivity contribution in [1.82, 2.24) is 18.6 Å². The number of hydrogen-bond acceptors (Lipinski definition) is 5. The van der Waals surface area contributed by atoms with E-state index in [1.54, 1.807) is 52.9 Å². The van der Waals surface area contributed by atoms with Gasteiger partial charge in [-0.25, -0.2) is 13.2 Å². The standard InChI is InChI=1S/C23H28N4O5S/c1-4-12-27-19(15-18-20(27)24(2)23(30)25(3)21(18)28)22(29)26-13-10-17(11-14-26)33(31,32)16-8-6-5-7-9-16/h5-9,15,17H,4,10-14H2,1-3H3. The van der Waals surface area contributed by atoms with Gasteiger partial charge in [-0.3, -0.25) is 18.7 Å². The van der Waals surface area contributed by atoms with Crippen molar-refractivity contribution in [2.75, 3.05) is 13.1 Å². The second kappa shape index (κ2) is 8.66. The highest BCUT2D eigenvalue weighted by Crippen LogP contribution is 2.26. The maximum Gasteiger partial charge on any atom is 0.332 e. The summed E-state index contributed by atoms with van der Waals surface area (Å²) in [5, 5.41) is -0.225. The number of nitrogens with zero attached hydrogens (tertiary/aromatic N) is 4. The number of carbonyl (C=O) groups is 1. The molecule has 1 aliphatic heterocycles. The van der Waals surface area contributed by atoms with Crippen molar-refractivity contribution >= 4 is 26.8 Å². The molecule has 0 spiro atoms. The number of piperidine rings is 1. The zero-order valence-electron chi connectivity index (χ0n) is 19.0. The van der Waals surface area contributed by atoms with Crippen LogP contribution >= 0.6 is 0 Å². The summed E-state index contributed by atoms with van der Waals surface area (Å²) in [5.74, 6) is -0.260. The molecule has 10 heteroatoms. The van der Waals surface area contributed by atoms with Gasteiger partial charge in [-0.2, -0.15) is 0 Å². The Hall–Kier alpha value is -3.14. The molecule has 1 aromatic carbocycles. The van der Waals surface area contributed by atoms with E-state index in [9.17, 15) is 22.8 Å². The van der Waals surface area contributed by atoms with Crippen molar-refractivity contribution in [3.8, 4) is 0 Å². The predicted octanol–water partition coefficient (Wildman–Crippen LogP) is 1.53. The molecule has 0 aliphatic carbocycles. The largest absolute Gasteiger partial charge is 0.337 e. The first-order valence-electron chi connectivity index (χ1n) is 11.1. The zero-order chi connectivity index (χ0) is 23.9. The number of rotatable bonds is 5. The van der Waals surface area contributed by atoms with Crippen molar-refractivity contribution in [1.29, 1.82) is 0 Å². The first-order chi connectivity index (χ1) is 15.7. The predicted molar refractivity (Wildman–Crippen MR) is 125 cm³/mol. The highest BCUT2D eigenvalue weighted by atomic mass is 32.2. The molecular formula is C23H28N4O5S. The van der Waals surface area contributed by atoms with Gasteiger partial charge in [-0.15, -0.1) is 0 Å². The molecule has 3 heterocycles. The number of benzene rings is 1. The van der Waals surface area contributed by atoms with Gasteiger partial charge in [0.25, 0.3) is 11.5 Å². The molecule has 9 nitrogen and oxygen atoms in total. The Kier molecular flexibility index (Phi) is 6.04. The summed E-state index contributed by atoms with van der Waals surface area (Å²) in [5.41, 5.74) is -0.122. The van der Waals surface area contributed by atoms with Crippen LogP contribution in [0.15, 0.2) is 50.9 Å². The average molecular weight is 473 g/mol.